The maximum absolute atomic E-state index is 9.02. The molecular weight excluding hydrogens is 372 g/mol. The third-order valence-corrected chi connectivity index (χ3v) is 5.08. The zero-order valence-corrected chi connectivity index (χ0v) is 16.1. The lowest BCUT2D eigenvalue weighted by Crippen LogP contribution is -2.36. The molecule has 0 radical (unpaired) electrons. The normalized spacial score (nSPS) is 13.9. The van der Waals surface area contributed by atoms with Crippen LogP contribution in [0.2, 0.25) is 5.02 Å². The molecule has 2 heterocycles. The molecule has 6 heteroatoms. The number of hydrogen-bond acceptors (Lipinski definition) is 5. The molecule has 1 aliphatic rings. The van der Waals surface area contributed by atoms with E-state index in [1.165, 1.54) is 5.69 Å². The van der Waals surface area contributed by atoms with Gasteiger partial charge in [-0.1, -0.05) is 29.8 Å². The molecule has 3 aromatic rings. The summed E-state index contributed by atoms with van der Waals surface area (Å²) in [5, 5.41) is 9.45. The topological polar surface area (TPSA) is 62.0 Å². The number of nitriles is 1. The Balaban J connectivity index is 1.50. The highest BCUT2D eigenvalue weighted by atomic mass is 35.5. The average Bonchev–Trinajstić information content (AvgIpc) is 2.75. The number of benzene rings is 2. The summed E-state index contributed by atoms with van der Waals surface area (Å²) < 4.78 is 5.41. The van der Waals surface area contributed by atoms with E-state index in [1.54, 1.807) is 18.3 Å². The molecule has 0 unspecified atom stereocenters. The van der Waals surface area contributed by atoms with Crippen LogP contribution in [0.1, 0.15) is 17.0 Å². The van der Waals surface area contributed by atoms with Crippen LogP contribution >= 0.6 is 11.6 Å². The molecule has 0 aliphatic carbocycles. The summed E-state index contributed by atoms with van der Waals surface area (Å²) in [5.74, 6) is 0.747. The third-order valence-electron chi connectivity index (χ3n) is 4.77. The Morgan fingerprint density at radius 3 is 2.57 bits per heavy atom. The molecule has 0 spiro atoms. The summed E-state index contributed by atoms with van der Waals surface area (Å²) in [6.45, 7) is 3.42. The second-order valence-electron chi connectivity index (χ2n) is 6.61. The van der Waals surface area contributed by atoms with Crippen molar-refractivity contribution in [1.82, 2.24) is 9.97 Å². The second kappa shape index (κ2) is 8.39. The molecule has 0 atom stereocenters. The van der Waals surface area contributed by atoms with Crippen LogP contribution in [0.4, 0.5) is 5.69 Å². The van der Waals surface area contributed by atoms with E-state index < -0.39 is 0 Å². The maximum Gasteiger partial charge on any atom is 0.133 e. The van der Waals surface area contributed by atoms with E-state index in [4.69, 9.17) is 21.6 Å². The van der Waals surface area contributed by atoms with Crippen LogP contribution in [0.25, 0.3) is 11.3 Å². The molecule has 140 valence electrons. The molecule has 2 aromatic carbocycles. The van der Waals surface area contributed by atoms with Crippen molar-refractivity contribution in [3.63, 3.8) is 0 Å². The Hall–Kier alpha value is -2.94. The fourth-order valence-electron chi connectivity index (χ4n) is 3.24. The minimum atomic E-state index is 0.430. The SMILES string of the molecule is N#Cc1ccc(-c2ccnc(Cc3ccc(N4CCOCC4)cc3)n2)cc1Cl. The lowest BCUT2D eigenvalue weighted by molar-refractivity contribution is 0.122. The van der Waals surface area contributed by atoms with Gasteiger partial charge in [0.2, 0.25) is 0 Å². The Morgan fingerprint density at radius 2 is 1.86 bits per heavy atom. The predicted octanol–water partition coefficient (Wildman–Crippen LogP) is 4.10. The second-order valence-corrected chi connectivity index (χ2v) is 7.01. The predicted molar refractivity (Wildman–Crippen MR) is 109 cm³/mol. The van der Waals surface area contributed by atoms with Crippen molar-refractivity contribution in [1.29, 1.82) is 5.26 Å². The molecule has 0 amide bonds. The number of rotatable bonds is 4. The van der Waals surface area contributed by atoms with E-state index >= 15 is 0 Å². The van der Waals surface area contributed by atoms with E-state index in [-0.39, 0.29) is 0 Å². The first-order valence-corrected chi connectivity index (χ1v) is 9.54. The summed E-state index contributed by atoms with van der Waals surface area (Å²) in [6, 6.07) is 17.8. The van der Waals surface area contributed by atoms with E-state index in [2.05, 4.69) is 45.2 Å². The Morgan fingerprint density at radius 1 is 1.07 bits per heavy atom. The van der Waals surface area contributed by atoms with Gasteiger partial charge in [0.05, 0.1) is 29.5 Å². The summed E-state index contributed by atoms with van der Waals surface area (Å²) in [4.78, 5) is 11.4. The highest BCUT2D eigenvalue weighted by Gasteiger charge is 2.11. The zero-order chi connectivity index (χ0) is 19.3. The monoisotopic (exact) mass is 390 g/mol. The fraction of sp³-hybridized carbons (Fsp3) is 0.227. The number of nitrogens with zero attached hydrogens (tertiary/aromatic N) is 4. The molecule has 4 rings (SSSR count). The zero-order valence-electron chi connectivity index (χ0n) is 15.3. The van der Waals surface area contributed by atoms with Gasteiger partial charge in [0.15, 0.2) is 0 Å². The van der Waals surface area contributed by atoms with Gasteiger partial charge in [-0.15, -0.1) is 0 Å². The number of morpholine rings is 1. The van der Waals surface area contributed by atoms with Crippen molar-refractivity contribution in [3.05, 3.63) is 76.7 Å². The van der Waals surface area contributed by atoms with Gasteiger partial charge in [0, 0.05) is 37.0 Å². The van der Waals surface area contributed by atoms with Crippen LogP contribution in [0, 0.1) is 11.3 Å². The van der Waals surface area contributed by atoms with Crippen molar-refractivity contribution in [2.75, 3.05) is 31.2 Å². The Labute approximate surface area is 169 Å². The smallest absolute Gasteiger partial charge is 0.133 e. The Kier molecular flexibility index (Phi) is 5.52. The van der Waals surface area contributed by atoms with Crippen molar-refractivity contribution in [2.24, 2.45) is 0 Å². The molecule has 28 heavy (non-hydrogen) atoms. The minimum absolute atomic E-state index is 0.430. The first-order chi connectivity index (χ1) is 13.7. The maximum atomic E-state index is 9.02. The van der Waals surface area contributed by atoms with Crippen molar-refractivity contribution >= 4 is 17.3 Å². The highest BCUT2D eigenvalue weighted by Crippen LogP contribution is 2.24. The van der Waals surface area contributed by atoms with Crippen molar-refractivity contribution in [3.8, 4) is 17.3 Å². The number of halogens is 1. The summed E-state index contributed by atoms with van der Waals surface area (Å²) >= 11 is 6.15. The van der Waals surface area contributed by atoms with Gasteiger partial charge in [0.25, 0.3) is 0 Å². The van der Waals surface area contributed by atoms with E-state index in [0.29, 0.717) is 17.0 Å². The molecule has 1 aromatic heterocycles. The van der Waals surface area contributed by atoms with Gasteiger partial charge in [0.1, 0.15) is 11.9 Å². The highest BCUT2D eigenvalue weighted by molar-refractivity contribution is 6.32. The summed E-state index contributed by atoms with van der Waals surface area (Å²) in [5.41, 5.74) is 4.50. The summed E-state index contributed by atoms with van der Waals surface area (Å²) in [7, 11) is 0. The van der Waals surface area contributed by atoms with E-state index in [0.717, 1.165) is 48.9 Å². The lowest BCUT2D eigenvalue weighted by atomic mass is 10.1. The van der Waals surface area contributed by atoms with Crippen molar-refractivity contribution < 1.29 is 4.74 Å². The molecule has 5 nitrogen and oxygen atoms in total. The van der Waals surface area contributed by atoms with Crippen LogP contribution in [0.5, 0.6) is 0 Å². The average molecular weight is 391 g/mol. The molecule has 1 saturated heterocycles. The quantitative estimate of drug-likeness (QED) is 0.671. The standard InChI is InChI=1S/C22H19ClN4O/c23-20-14-17(3-4-18(20)15-24)21-7-8-25-22(26-21)13-16-1-5-19(6-2-16)27-9-11-28-12-10-27/h1-8,14H,9-13H2. The fourth-order valence-corrected chi connectivity index (χ4v) is 3.46. The number of ether oxygens (including phenoxy) is 1. The van der Waals surface area contributed by atoms with Gasteiger partial charge >= 0.3 is 0 Å². The largest absolute Gasteiger partial charge is 0.378 e. The van der Waals surface area contributed by atoms with Crippen LogP contribution in [-0.4, -0.2) is 36.3 Å². The van der Waals surface area contributed by atoms with Crippen LogP contribution in [0.15, 0.2) is 54.7 Å². The number of hydrogen-bond donors (Lipinski definition) is 0. The molecule has 0 saturated carbocycles. The van der Waals surface area contributed by atoms with E-state index in [9.17, 15) is 0 Å². The minimum Gasteiger partial charge on any atom is -0.378 e. The van der Waals surface area contributed by atoms with Gasteiger partial charge in [-0.05, 0) is 35.9 Å². The summed E-state index contributed by atoms with van der Waals surface area (Å²) in [6.07, 6.45) is 2.41. The van der Waals surface area contributed by atoms with Gasteiger partial charge in [-0.3, -0.25) is 0 Å². The lowest BCUT2D eigenvalue weighted by Gasteiger charge is -2.28. The first-order valence-electron chi connectivity index (χ1n) is 9.16. The molecule has 0 N–H and O–H groups in total. The third kappa shape index (κ3) is 4.14. The van der Waals surface area contributed by atoms with Crippen LogP contribution in [0.3, 0.4) is 0 Å². The molecule has 0 bridgehead atoms. The van der Waals surface area contributed by atoms with Crippen molar-refractivity contribution in [2.45, 2.75) is 6.42 Å². The van der Waals surface area contributed by atoms with Gasteiger partial charge < -0.3 is 9.64 Å². The first kappa shape index (κ1) is 18.4. The van der Waals surface area contributed by atoms with Crippen LogP contribution < -0.4 is 4.90 Å². The van der Waals surface area contributed by atoms with Gasteiger partial charge in [-0.25, -0.2) is 9.97 Å². The van der Waals surface area contributed by atoms with E-state index in [1.807, 2.05) is 12.1 Å². The Bertz CT molecular complexity index is 1010. The van der Waals surface area contributed by atoms with Crippen LogP contribution in [-0.2, 0) is 11.2 Å². The van der Waals surface area contributed by atoms with Gasteiger partial charge in [-0.2, -0.15) is 5.26 Å². The number of aromatic nitrogens is 2. The molecule has 1 fully saturated rings. The number of anilines is 1. The molecular formula is C22H19ClN4O. The molecule has 1 aliphatic heterocycles.